The fourth-order valence-electron chi connectivity index (χ4n) is 1.89. The first-order chi connectivity index (χ1) is 8.35. The van der Waals surface area contributed by atoms with E-state index in [1.807, 2.05) is 24.3 Å². The van der Waals surface area contributed by atoms with Crippen LogP contribution >= 0.6 is 0 Å². The van der Waals surface area contributed by atoms with Crippen molar-refractivity contribution in [1.82, 2.24) is 0 Å². The summed E-state index contributed by atoms with van der Waals surface area (Å²) in [6.07, 6.45) is 2.63. The average molecular weight is 229 g/mol. The van der Waals surface area contributed by atoms with E-state index < -0.39 is 0 Å². The highest BCUT2D eigenvalue weighted by atomic mass is 16.5. The topological polar surface area (TPSA) is 42.6 Å². The predicted molar refractivity (Wildman–Crippen MR) is 66.2 cm³/mol. The second-order valence-electron chi connectivity index (χ2n) is 4.61. The van der Waals surface area contributed by atoms with Crippen LogP contribution in [0, 0.1) is 5.92 Å². The number of hydrogen-bond donors (Lipinski definition) is 1. The lowest BCUT2D eigenvalue weighted by atomic mass is 9.98. The van der Waals surface area contributed by atoms with Crippen LogP contribution in [0.3, 0.4) is 0 Å². The number of rotatable bonds is 5. The van der Waals surface area contributed by atoms with Crippen LogP contribution in [-0.4, -0.2) is 19.1 Å². The summed E-state index contributed by atoms with van der Waals surface area (Å²) in [5.74, 6) is 0.795. The minimum atomic E-state index is 0.482. The molecule has 1 aromatic carbocycles. The maximum absolute atomic E-state index is 8.87. The van der Waals surface area contributed by atoms with Gasteiger partial charge in [0.15, 0.2) is 0 Å². The van der Waals surface area contributed by atoms with Crippen LogP contribution in [0.4, 0.5) is 0 Å². The molecule has 3 rings (SSSR count). The third-order valence-electron chi connectivity index (χ3n) is 3.05. The number of fused-ring (bicyclic) bond motifs is 1. The number of furan rings is 1. The molecule has 1 radical (unpaired) electrons. The van der Waals surface area contributed by atoms with Gasteiger partial charge in [-0.15, -0.1) is 0 Å². The third kappa shape index (κ3) is 2.53. The predicted octanol–water partition coefficient (Wildman–Crippen LogP) is 1.60. The molecule has 0 spiro atoms. The first-order valence-corrected chi connectivity index (χ1v) is 5.93. The SMILES string of the molecule is O[B]c1cc2cc(COCC3CC3)ccc2o1. The molecule has 1 heterocycles. The van der Waals surface area contributed by atoms with E-state index >= 15 is 0 Å². The molecule has 3 nitrogen and oxygen atoms in total. The van der Waals surface area contributed by atoms with Crippen molar-refractivity contribution >= 4 is 24.1 Å². The number of hydrogen-bond acceptors (Lipinski definition) is 3. The van der Waals surface area contributed by atoms with Crippen molar-refractivity contribution < 1.29 is 14.2 Å². The van der Waals surface area contributed by atoms with Crippen molar-refractivity contribution in [2.75, 3.05) is 6.61 Å². The molecule has 17 heavy (non-hydrogen) atoms. The molecule has 0 aliphatic heterocycles. The first-order valence-electron chi connectivity index (χ1n) is 5.93. The molecule has 1 aliphatic rings. The molecule has 2 aromatic rings. The van der Waals surface area contributed by atoms with Gasteiger partial charge in [0.2, 0.25) is 0 Å². The van der Waals surface area contributed by atoms with Crippen LogP contribution < -0.4 is 5.66 Å². The molecule has 0 amide bonds. The summed E-state index contributed by atoms with van der Waals surface area (Å²) >= 11 is 0. The highest BCUT2D eigenvalue weighted by Gasteiger charge is 2.21. The van der Waals surface area contributed by atoms with Gasteiger partial charge in [-0.1, -0.05) is 6.07 Å². The Balaban J connectivity index is 1.70. The molecule has 1 N–H and O–H groups in total. The van der Waals surface area contributed by atoms with Gasteiger partial charge in [-0.25, -0.2) is 0 Å². The molecule has 1 aromatic heterocycles. The van der Waals surface area contributed by atoms with Crippen LogP contribution in [-0.2, 0) is 11.3 Å². The van der Waals surface area contributed by atoms with Crippen molar-refractivity contribution in [3.8, 4) is 0 Å². The normalized spacial score (nSPS) is 15.4. The molecular formula is C13H14BO3. The molecule has 1 fully saturated rings. The lowest BCUT2D eigenvalue weighted by Crippen LogP contribution is -2.08. The second-order valence-corrected chi connectivity index (χ2v) is 4.61. The van der Waals surface area contributed by atoms with Crippen molar-refractivity contribution in [1.29, 1.82) is 0 Å². The fraction of sp³-hybridized carbons (Fsp3) is 0.385. The zero-order chi connectivity index (χ0) is 11.7. The quantitative estimate of drug-likeness (QED) is 0.791. The molecule has 1 saturated carbocycles. The summed E-state index contributed by atoms with van der Waals surface area (Å²) in [7, 11) is 0.975. The van der Waals surface area contributed by atoms with Crippen LogP contribution in [0.5, 0.6) is 0 Å². The van der Waals surface area contributed by atoms with E-state index in [1.165, 1.54) is 12.8 Å². The highest BCUT2D eigenvalue weighted by Crippen LogP contribution is 2.29. The summed E-state index contributed by atoms with van der Waals surface area (Å²) in [5.41, 5.74) is 2.41. The van der Waals surface area contributed by atoms with Gasteiger partial charge in [-0.3, -0.25) is 0 Å². The minimum Gasteiger partial charge on any atom is -0.469 e. The summed E-state index contributed by atoms with van der Waals surface area (Å²) in [6.45, 7) is 1.52. The summed E-state index contributed by atoms with van der Waals surface area (Å²) < 4.78 is 11.0. The Bertz CT molecular complexity index is 516. The first kappa shape index (κ1) is 10.9. The fourth-order valence-corrected chi connectivity index (χ4v) is 1.89. The Hall–Kier alpha value is -1.26. The molecule has 0 unspecified atom stereocenters. The molecule has 1 aliphatic carbocycles. The standard InChI is InChI=1S/C13H14BO3/c15-14-13-6-11-5-10(3-4-12(11)17-13)8-16-7-9-1-2-9/h3-6,9,15H,1-2,7-8H2. The number of benzene rings is 1. The maximum Gasteiger partial charge on any atom is 0.373 e. The van der Waals surface area contributed by atoms with Gasteiger partial charge < -0.3 is 14.2 Å². The molecule has 0 atom stereocenters. The zero-order valence-corrected chi connectivity index (χ0v) is 9.56. The average Bonchev–Trinajstić information content (AvgIpc) is 3.07. The van der Waals surface area contributed by atoms with E-state index in [0.717, 1.165) is 36.5 Å². The minimum absolute atomic E-state index is 0.482. The molecule has 0 bridgehead atoms. The Kier molecular flexibility index (Phi) is 2.91. The maximum atomic E-state index is 8.87. The van der Waals surface area contributed by atoms with Gasteiger partial charge in [0.25, 0.3) is 0 Å². The van der Waals surface area contributed by atoms with Crippen LogP contribution in [0.15, 0.2) is 28.7 Å². The van der Waals surface area contributed by atoms with Crippen LogP contribution in [0.25, 0.3) is 11.0 Å². The van der Waals surface area contributed by atoms with E-state index in [2.05, 4.69) is 0 Å². The second kappa shape index (κ2) is 4.55. The highest BCUT2D eigenvalue weighted by molar-refractivity contribution is 6.44. The molecule has 4 heteroatoms. The van der Waals surface area contributed by atoms with Crippen molar-refractivity contribution in [2.45, 2.75) is 19.4 Å². The van der Waals surface area contributed by atoms with E-state index in [-0.39, 0.29) is 0 Å². The van der Waals surface area contributed by atoms with Gasteiger partial charge in [-0.2, -0.15) is 0 Å². The Labute approximate surface area is 101 Å². The Morgan fingerprint density at radius 1 is 1.35 bits per heavy atom. The third-order valence-corrected chi connectivity index (χ3v) is 3.05. The van der Waals surface area contributed by atoms with E-state index in [1.54, 1.807) is 0 Å². The van der Waals surface area contributed by atoms with Gasteiger partial charge in [0.05, 0.1) is 12.3 Å². The van der Waals surface area contributed by atoms with Crippen molar-refractivity contribution in [3.63, 3.8) is 0 Å². The molecular weight excluding hydrogens is 215 g/mol. The van der Waals surface area contributed by atoms with Gasteiger partial charge in [-0.05, 0) is 42.5 Å². The van der Waals surface area contributed by atoms with Crippen LogP contribution in [0.2, 0.25) is 0 Å². The van der Waals surface area contributed by atoms with E-state index in [9.17, 15) is 0 Å². The van der Waals surface area contributed by atoms with E-state index in [0.29, 0.717) is 12.3 Å². The smallest absolute Gasteiger partial charge is 0.373 e. The Morgan fingerprint density at radius 3 is 3.00 bits per heavy atom. The molecule has 0 saturated heterocycles. The van der Waals surface area contributed by atoms with E-state index in [4.69, 9.17) is 14.2 Å². The lowest BCUT2D eigenvalue weighted by Gasteiger charge is -2.02. The summed E-state index contributed by atoms with van der Waals surface area (Å²) in [5, 5.41) is 9.87. The van der Waals surface area contributed by atoms with Gasteiger partial charge in [0.1, 0.15) is 5.58 Å². The number of ether oxygens (including phenoxy) is 1. The van der Waals surface area contributed by atoms with Crippen molar-refractivity contribution in [2.24, 2.45) is 5.92 Å². The summed E-state index contributed by atoms with van der Waals surface area (Å²) in [4.78, 5) is 0. The zero-order valence-electron chi connectivity index (χ0n) is 9.56. The lowest BCUT2D eigenvalue weighted by molar-refractivity contribution is 0.111. The molecule has 87 valence electrons. The largest absolute Gasteiger partial charge is 0.469 e. The van der Waals surface area contributed by atoms with Gasteiger partial charge in [0, 0.05) is 12.0 Å². The summed E-state index contributed by atoms with van der Waals surface area (Å²) in [6, 6.07) is 7.77. The Morgan fingerprint density at radius 2 is 2.24 bits per heavy atom. The van der Waals surface area contributed by atoms with Crippen LogP contribution in [0.1, 0.15) is 18.4 Å². The van der Waals surface area contributed by atoms with Crippen molar-refractivity contribution in [3.05, 3.63) is 29.8 Å². The monoisotopic (exact) mass is 229 g/mol. The van der Waals surface area contributed by atoms with Gasteiger partial charge >= 0.3 is 7.48 Å².